The number of hydrogen-bond acceptors (Lipinski definition) is 1. The van der Waals surface area contributed by atoms with E-state index in [0.29, 0.717) is 0 Å². The van der Waals surface area contributed by atoms with Crippen LogP contribution in [0.5, 0.6) is 0 Å². The third kappa shape index (κ3) is 6.77. The Balaban J connectivity index is 1.03. The Bertz CT molecular complexity index is 2610. The fourth-order valence-electron chi connectivity index (χ4n) is 7.22. The number of anilines is 3. The first-order chi connectivity index (χ1) is 26.2. The molecule has 0 N–H and O–H groups in total. The second-order valence-corrected chi connectivity index (χ2v) is 13.4. The van der Waals surface area contributed by atoms with E-state index < -0.39 is 0 Å². The lowest BCUT2D eigenvalue weighted by molar-refractivity contribution is 1.28. The summed E-state index contributed by atoms with van der Waals surface area (Å²) >= 11 is 0. The zero-order valence-electron chi connectivity index (χ0n) is 29.3. The van der Waals surface area contributed by atoms with Crippen molar-refractivity contribution < 1.29 is 0 Å². The molecule has 9 rings (SSSR count). The molecule has 0 aliphatic carbocycles. The van der Waals surface area contributed by atoms with Gasteiger partial charge in [-0.25, -0.2) is 0 Å². The van der Waals surface area contributed by atoms with Crippen molar-refractivity contribution in [1.29, 1.82) is 0 Å². The number of fused-ring (bicyclic) bond motifs is 1. The first kappa shape index (κ1) is 32.0. The van der Waals surface area contributed by atoms with E-state index in [1.54, 1.807) is 0 Å². The van der Waals surface area contributed by atoms with Gasteiger partial charge in [0.15, 0.2) is 0 Å². The quantitative estimate of drug-likeness (QED) is 0.155. The predicted molar refractivity (Wildman–Crippen MR) is 226 cm³/mol. The predicted octanol–water partition coefficient (Wildman–Crippen LogP) is 14.6. The van der Waals surface area contributed by atoms with Crippen LogP contribution in [0.15, 0.2) is 224 Å². The van der Waals surface area contributed by atoms with E-state index in [1.165, 1.54) is 66.4 Å². The molecule has 0 bridgehead atoms. The van der Waals surface area contributed by atoms with Gasteiger partial charge in [0.25, 0.3) is 0 Å². The van der Waals surface area contributed by atoms with Crippen LogP contribution in [0.1, 0.15) is 0 Å². The lowest BCUT2D eigenvalue weighted by Gasteiger charge is -2.26. The molecule has 1 nitrogen and oxygen atoms in total. The first-order valence-electron chi connectivity index (χ1n) is 18.2. The van der Waals surface area contributed by atoms with Crippen LogP contribution in [0, 0.1) is 0 Å². The SMILES string of the molecule is c1ccc(-c2ccc(-c3ccc(N(c4ccc(-c5ccccc5)cc4)c4ccc(-c5cccc(-c6ccc7ccccc7c6)c5)cc4)cc3)cc2)cc1. The molecule has 0 atom stereocenters. The van der Waals surface area contributed by atoms with E-state index in [0.717, 1.165) is 17.1 Å². The van der Waals surface area contributed by atoms with E-state index in [1.807, 2.05) is 0 Å². The Labute approximate surface area is 311 Å². The van der Waals surface area contributed by atoms with Crippen molar-refractivity contribution >= 4 is 27.8 Å². The third-order valence-corrected chi connectivity index (χ3v) is 10.1. The maximum atomic E-state index is 2.34. The summed E-state index contributed by atoms with van der Waals surface area (Å²) in [5.41, 5.74) is 15.4. The van der Waals surface area contributed by atoms with Crippen LogP contribution in [-0.4, -0.2) is 0 Å². The first-order valence-corrected chi connectivity index (χ1v) is 18.2. The lowest BCUT2D eigenvalue weighted by Crippen LogP contribution is -2.09. The highest BCUT2D eigenvalue weighted by Crippen LogP contribution is 2.38. The Morgan fingerprint density at radius 1 is 0.189 bits per heavy atom. The van der Waals surface area contributed by atoms with Crippen molar-refractivity contribution in [1.82, 2.24) is 0 Å². The molecule has 0 radical (unpaired) electrons. The second kappa shape index (κ2) is 14.3. The van der Waals surface area contributed by atoms with Crippen LogP contribution >= 0.6 is 0 Å². The smallest absolute Gasteiger partial charge is 0.0462 e. The van der Waals surface area contributed by atoms with Gasteiger partial charge in [-0.15, -0.1) is 0 Å². The van der Waals surface area contributed by atoms with Gasteiger partial charge in [-0.1, -0.05) is 176 Å². The zero-order valence-corrected chi connectivity index (χ0v) is 29.3. The molecule has 0 aliphatic rings. The van der Waals surface area contributed by atoms with E-state index in [-0.39, 0.29) is 0 Å². The maximum Gasteiger partial charge on any atom is 0.0462 e. The van der Waals surface area contributed by atoms with Crippen LogP contribution in [0.2, 0.25) is 0 Å². The van der Waals surface area contributed by atoms with Gasteiger partial charge >= 0.3 is 0 Å². The summed E-state index contributed by atoms with van der Waals surface area (Å²) in [5.74, 6) is 0. The fourth-order valence-corrected chi connectivity index (χ4v) is 7.22. The summed E-state index contributed by atoms with van der Waals surface area (Å²) in [6, 6.07) is 80.8. The molecule has 0 fully saturated rings. The van der Waals surface area contributed by atoms with Gasteiger partial charge in [0.05, 0.1) is 0 Å². The van der Waals surface area contributed by atoms with Crippen LogP contribution in [0.3, 0.4) is 0 Å². The van der Waals surface area contributed by atoms with Gasteiger partial charge in [-0.3, -0.25) is 0 Å². The van der Waals surface area contributed by atoms with Gasteiger partial charge < -0.3 is 4.90 Å². The second-order valence-electron chi connectivity index (χ2n) is 13.4. The topological polar surface area (TPSA) is 3.24 Å². The Kier molecular flexibility index (Phi) is 8.66. The third-order valence-electron chi connectivity index (χ3n) is 10.1. The standard InChI is InChI=1S/C52H37N/c1-3-10-38(11-4-1)41-18-20-42(21-19-41)44-26-32-51(33-27-44)53(50-30-24-43(25-31-50)39-12-5-2-6-13-39)52-34-28-45(29-35-52)47-16-9-17-48(36-47)49-23-22-40-14-7-8-15-46(40)37-49/h1-37H. The number of benzene rings is 9. The maximum absolute atomic E-state index is 2.34. The van der Waals surface area contributed by atoms with E-state index in [2.05, 4.69) is 229 Å². The van der Waals surface area contributed by atoms with Crippen molar-refractivity contribution in [2.75, 3.05) is 4.90 Å². The Morgan fingerprint density at radius 2 is 0.491 bits per heavy atom. The normalized spacial score (nSPS) is 11.0. The van der Waals surface area contributed by atoms with Crippen LogP contribution in [0.25, 0.3) is 66.4 Å². The van der Waals surface area contributed by atoms with Crippen LogP contribution in [0.4, 0.5) is 17.1 Å². The highest BCUT2D eigenvalue weighted by atomic mass is 15.1. The van der Waals surface area contributed by atoms with E-state index >= 15 is 0 Å². The molecule has 9 aromatic carbocycles. The molecule has 0 heterocycles. The van der Waals surface area contributed by atoms with Crippen molar-refractivity contribution in [2.24, 2.45) is 0 Å². The average Bonchev–Trinajstić information content (AvgIpc) is 3.25. The van der Waals surface area contributed by atoms with E-state index in [9.17, 15) is 0 Å². The molecule has 0 spiro atoms. The summed E-state index contributed by atoms with van der Waals surface area (Å²) in [4.78, 5) is 2.34. The summed E-state index contributed by atoms with van der Waals surface area (Å²) in [6.45, 7) is 0. The van der Waals surface area contributed by atoms with E-state index in [4.69, 9.17) is 0 Å². The number of hydrogen-bond donors (Lipinski definition) is 0. The van der Waals surface area contributed by atoms with Crippen LogP contribution < -0.4 is 4.90 Å². The monoisotopic (exact) mass is 675 g/mol. The molecule has 0 aromatic heterocycles. The molecule has 0 saturated heterocycles. The summed E-state index contributed by atoms with van der Waals surface area (Å²) in [7, 11) is 0. The molecular formula is C52H37N. The number of nitrogens with zero attached hydrogens (tertiary/aromatic N) is 1. The number of rotatable bonds is 8. The lowest BCUT2D eigenvalue weighted by atomic mass is 9.97. The molecule has 53 heavy (non-hydrogen) atoms. The highest BCUT2D eigenvalue weighted by molar-refractivity contribution is 5.88. The molecule has 250 valence electrons. The Hall–Kier alpha value is -6.96. The molecular weight excluding hydrogens is 639 g/mol. The summed E-state index contributed by atoms with van der Waals surface area (Å²) in [5, 5.41) is 2.51. The molecule has 0 aliphatic heterocycles. The molecule has 1 heteroatoms. The summed E-state index contributed by atoms with van der Waals surface area (Å²) in [6.07, 6.45) is 0. The molecule has 0 saturated carbocycles. The molecule has 9 aromatic rings. The zero-order chi connectivity index (χ0) is 35.4. The highest BCUT2D eigenvalue weighted by Gasteiger charge is 2.14. The van der Waals surface area contributed by atoms with Gasteiger partial charge in [-0.05, 0) is 115 Å². The minimum Gasteiger partial charge on any atom is -0.311 e. The van der Waals surface area contributed by atoms with Gasteiger partial charge in [-0.2, -0.15) is 0 Å². The van der Waals surface area contributed by atoms with Gasteiger partial charge in [0.2, 0.25) is 0 Å². The minimum absolute atomic E-state index is 1.10. The van der Waals surface area contributed by atoms with Crippen molar-refractivity contribution in [3.8, 4) is 55.6 Å². The van der Waals surface area contributed by atoms with Gasteiger partial charge in [0, 0.05) is 17.1 Å². The minimum atomic E-state index is 1.10. The largest absolute Gasteiger partial charge is 0.311 e. The van der Waals surface area contributed by atoms with Crippen molar-refractivity contribution in [3.05, 3.63) is 224 Å². The molecule has 0 amide bonds. The fraction of sp³-hybridized carbons (Fsp3) is 0. The average molecular weight is 676 g/mol. The van der Waals surface area contributed by atoms with Crippen LogP contribution in [-0.2, 0) is 0 Å². The van der Waals surface area contributed by atoms with Crippen molar-refractivity contribution in [2.45, 2.75) is 0 Å². The van der Waals surface area contributed by atoms with Gasteiger partial charge in [0.1, 0.15) is 0 Å². The molecule has 0 unspecified atom stereocenters. The summed E-state index contributed by atoms with van der Waals surface area (Å²) < 4.78 is 0. The Morgan fingerprint density at radius 3 is 0.962 bits per heavy atom. The van der Waals surface area contributed by atoms with Crippen molar-refractivity contribution in [3.63, 3.8) is 0 Å².